The number of hydrogen-bond acceptors (Lipinski definition) is 8. The quantitative estimate of drug-likeness (QED) is 0.368. The molecule has 0 saturated carbocycles. The topological polar surface area (TPSA) is 145 Å². The van der Waals surface area contributed by atoms with E-state index in [-0.39, 0.29) is 50.1 Å². The number of carbonyl (C=O) groups excluding carboxylic acids is 3. The molecule has 0 aliphatic carbocycles. The van der Waals surface area contributed by atoms with E-state index < -0.39 is 6.10 Å². The number of nitrogens with zero attached hydrogens (tertiary/aromatic N) is 3. The Kier molecular flexibility index (Phi) is 10.1. The highest BCUT2D eigenvalue weighted by atomic mass is 16.5. The molecule has 3 N–H and O–H groups in total. The summed E-state index contributed by atoms with van der Waals surface area (Å²) in [7, 11) is 1.58. The fraction of sp³-hybridized carbons (Fsp3) is 0.400. The number of aromatic nitrogens is 2. The van der Waals surface area contributed by atoms with Gasteiger partial charge < -0.3 is 44.4 Å². The average molecular weight is 593 g/mol. The summed E-state index contributed by atoms with van der Waals surface area (Å²) >= 11 is 0. The SMILES string of the molecule is COCCOc1cc2cc(c1)C(=O)NCCNC(=O)N[C@H]1CCN(C(=O)Cn3ccnc3)C[C@@H]1OCc1cccc(c1)O2. The van der Waals surface area contributed by atoms with Crippen molar-refractivity contribution in [3.8, 4) is 17.2 Å². The highest BCUT2D eigenvalue weighted by Crippen LogP contribution is 2.29. The molecule has 5 rings (SSSR count). The molecule has 2 aromatic carbocycles. The number of nitrogens with one attached hydrogen (secondary N) is 3. The third-order valence-corrected chi connectivity index (χ3v) is 7.10. The van der Waals surface area contributed by atoms with Crippen LogP contribution in [0.5, 0.6) is 17.2 Å². The Bertz CT molecular complexity index is 1400. The molecule has 0 spiro atoms. The minimum Gasteiger partial charge on any atom is -0.491 e. The van der Waals surface area contributed by atoms with Gasteiger partial charge in [0.2, 0.25) is 5.91 Å². The smallest absolute Gasteiger partial charge is 0.315 e. The van der Waals surface area contributed by atoms with E-state index in [1.54, 1.807) is 53.5 Å². The minimum atomic E-state index is -0.446. The van der Waals surface area contributed by atoms with Gasteiger partial charge in [-0.1, -0.05) is 12.1 Å². The first kappa shape index (κ1) is 29.9. The van der Waals surface area contributed by atoms with Crippen LogP contribution >= 0.6 is 0 Å². The van der Waals surface area contributed by atoms with Crippen molar-refractivity contribution in [3.05, 3.63) is 72.3 Å². The maximum atomic E-state index is 13.0. The fourth-order valence-corrected chi connectivity index (χ4v) is 4.91. The molecular formula is C30H36N6O7. The van der Waals surface area contributed by atoms with Gasteiger partial charge in [0, 0.05) is 57.3 Å². The zero-order chi connectivity index (χ0) is 30.0. The number of rotatable bonds is 6. The summed E-state index contributed by atoms with van der Waals surface area (Å²) in [6.45, 7) is 2.33. The molecule has 2 aliphatic rings. The second-order valence-electron chi connectivity index (χ2n) is 10.3. The molecule has 2 aliphatic heterocycles. The summed E-state index contributed by atoms with van der Waals surface area (Å²) in [5, 5.41) is 8.59. The van der Waals surface area contributed by atoms with E-state index in [4.69, 9.17) is 18.9 Å². The lowest BCUT2D eigenvalue weighted by molar-refractivity contribution is -0.137. The normalized spacial score (nSPS) is 19.4. The van der Waals surface area contributed by atoms with Crippen molar-refractivity contribution >= 4 is 17.8 Å². The monoisotopic (exact) mass is 592 g/mol. The summed E-state index contributed by atoms with van der Waals surface area (Å²) in [5.74, 6) is 1.05. The van der Waals surface area contributed by atoms with Gasteiger partial charge in [0.15, 0.2) is 0 Å². The number of carbonyl (C=O) groups is 3. The molecule has 4 amide bonds. The highest BCUT2D eigenvalue weighted by Gasteiger charge is 2.33. The number of methoxy groups -OCH3 is 1. The van der Waals surface area contributed by atoms with Crippen LogP contribution in [0.25, 0.3) is 0 Å². The van der Waals surface area contributed by atoms with E-state index >= 15 is 0 Å². The number of benzene rings is 2. The summed E-state index contributed by atoms with van der Waals surface area (Å²) < 4.78 is 25.0. The Hall–Kier alpha value is -4.62. The second kappa shape index (κ2) is 14.5. The van der Waals surface area contributed by atoms with E-state index in [0.717, 1.165) is 5.56 Å². The largest absolute Gasteiger partial charge is 0.491 e. The summed E-state index contributed by atoms with van der Waals surface area (Å²) in [6.07, 6.45) is 5.06. The van der Waals surface area contributed by atoms with E-state index in [1.165, 1.54) is 0 Å². The predicted octanol–water partition coefficient (Wildman–Crippen LogP) is 1.93. The summed E-state index contributed by atoms with van der Waals surface area (Å²) in [6, 6.07) is 11.7. The molecule has 3 heterocycles. The Morgan fingerprint density at radius 3 is 2.81 bits per heavy atom. The zero-order valence-corrected chi connectivity index (χ0v) is 24.0. The van der Waals surface area contributed by atoms with E-state index in [0.29, 0.717) is 55.5 Å². The van der Waals surface area contributed by atoms with E-state index in [9.17, 15) is 14.4 Å². The molecule has 2 atom stereocenters. The molecule has 3 aromatic rings. The Morgan fingerprint density at radius 1 is 1.09 bits per heavy atom. The molecule has 43 heavy (non-hydrogen) atoms. The molecule has 1 saturated heterocycles. The van der Waals surface area contributed by atoms with Gasteiger partial charge in [-0.2, -0.15) is 0 Å². The van der Waals surface area contributed by atoms with Crippen molar-refractivity contribution in [1.29, 1.82) is 0 Å². The van der Waals surface area contributed by atoms with Crippen LogP contribution in [0.1, 0.15) is 22.3 Å². The first-order valence-electron chi connectivity index (χ1n) is 14.2. The van der Waals surface area contributed by atoms with Crippen LogP contribution in [-0.2, 0) is 27.4 Å². The Labute approximate surface area is 249 Å². The van der Waals surface area contributed by atoms with Crippen molar-refractivity contribution in [2.75, 3.05) is 46.5 Å². The van der Waals surface area contributed by atoms with Crippen LogP contribution in [0.15, 0.2) is 61.2 Å². The van der Waals surface area contributed by atoms with Crippen LogP contribution < -0.4 is 25.4 Å². The molecular weight excluding hydrogens is 556 g/mol. The van der Waals surface area contributed by atoms with Crippen LogP contribution in [0.3, 0.4) is 0 Å². The summed E-state index contributed by atoms with van der Waals surface area (Å²) in [4.78, 5) is 44.5. The number of amides is 4. The Morgan fingerprint density at radius 2 is 1.98 bits per heavy atom. The molecule has 13 nitrogen and oxygen atoms in total. The third-order valence-electron chi connectivity index (χ3n) is 7.10. The highest BCUT2D eigenvalue weighted by molar-refractivity contribution is 5.95. The maximum absolute atomic E-state index is 13.0. The number of hydrogen-bond donors (Lipinski definition) is 3. The number of piperidine rings is 1. The van der Waals surface area contributed by atoms with Gasteiger partial charge in [0.1, 0.15) is 30.4 Å². The fourth-order valence-electron chi connectivity index (χ4n) is 4.91. The molecule has 0 radical (unpaired) electrons. The van der Waals surface area contributed by atoms with Crippen LogP contribution in [0, 0.1) is 0 Å². The molecule has 0 unspecified atom stereocenters. The van der Waals surface area contributed by atoms with Gasteiger partial charge in [0.25, 0.3) is 5.91 Å². The van der Waals surface area contributed by atoms with Gasteiger partial charge in [0.05, 0.1) is 31.7 Å². The van der Waals surface area contributed by atoms with E-state index in [1.807, 2.05) is 24.3 Å². The molecule has 13 heteroatoms. The van der Waals surface area contributed by atoms with Gasteiger partial charge in [-0.05, 0) is 36.2 Å². The van der Waals surface area contributed by atoms with Crippen LogP contribution in [0.4, 0.5) is 4.79 Å². The molecule has 1 fully saturated rings. The van der Waals surface area contributed by atoms with Gasteiger partial charge in [-0.25, -0.2) is 9.78 Å². The lowest BCUT2D eigenvalue weighted by atomic mass is 10.0. The number of fused-ring (bicyclic) bond motifs is 5. The van der Waals surface area contributed by atoms with Crippen molar-refractivity contribution < 1.29 is 33.3 Å². The summed E-state index contributed by atoms with van der Waals surface area (Å²) in [5.41, 5.74) is 1.20. The molecule has 4 bridgehead atoms. The van der Waals surface area contributed by atoms with Gasteiger partial charge in [-0.3, -0.25) is 9.59 Å². The van der Waals surface area contributed by atoms with Crippen molar-refractivity contribution in [2.45, 2.75) is 31.7 Å². The van der Waals surface area contributed by atoms with Crippen LogP contribution in [-0.4, -0.2) is 90.9 Å². The lowest BCUT2D eigenvalue weighted by Crippen LogP contribution is -2.58. The number of ether oxygens (including phenoxy) is 4. The number of likely N-dealkylation sites (tertiary alicyclic amines) is 1. The maximum Gasteiger partial charge on any atom is 0.315 e. The third kappa shape index (κ3) is 8.46. The van der Waals surface area contributed by atoms with Gasteiger partial charge in [-0.15, -0.1) is 0 Å². The number of imidazole rings is 1. The van der Waals surface area contributed by atoms with Crippen molar-refractivity contribution in [3.63, 3.8) is 0 Å². The van der Waals surface area contributed by atoms with Crippen molar-refractivity contribution in [1.82, 2.24) is 30.4 Å². The van der Waals surface area contributed by atoms with Crippen LogP contribution in [0.2, 0.25) is 0 Å². The molecule has 228 valence electrons. The minimum absolute atomic E-state index is 0.0529. The van der Waals surface area contributed by atoms with E-state index in [2.05, 4.69) is 20.9 Å². The van der Waals surface area contributed by atoms with Crippen molar-refractivity contribution in [2.24, 2.45) is 0 Å². The second-order valence-corrected chi connectivity index (χ2v) is 10.3. The standard InChI is InChI=1S/C30H36N6O7/c1-40-11-12-41-24-14-22-15-25(16-24)43-23-4-2-3-21(13-23)19-42-27-17-36(28(37)18-35-10-8-31-20-35)9-5-26(27)34-30(39)33-7-6-32-29(22)38/h2-4,8,10,13-16,20,26-27H,5-7,9,11-12,17-19H2,1H3,(H,32,38)(H2,33,34,39)/t26-,27-/m0/s1. The average Bonchev–Trinajstić information content (AvgIpc) is 3.51. The zero-order valence-electron chi connectivity index (χ0n) is 24.0. The number of urea groups is 1. The van der Waals surface area contributed by atoms with Gasteiger partial charge >= 0.3 is 6.03 Å². The lowest BCUT2D eigenvalue weighted by Gasteiger charge is -2.38. The first-order chi connectivity index (χ1) is 21.0. The first-order valence-corrected chi connectivity index (χ1v) is 14.2. The Balaban J connectivity index is 1.35. The predicted molar refractivity (Wildman–Crippen MR) is 155 cm³/mol. The molecule has 1 aromatic heterocycles.